The molecule has 0 aromatic carbocycles. The highest BCUT2D eigenvalue weighted by molar-refractivity contribution is 5.85. The van der Waals surface area contributed by atoms with Crippen LogP contribution in [-0.2, 0) is 4.79 Å². The summed E-state index contributed by atoms with van der Waals surface area (Å²) in [4.78, 5) is 13.1. The van der Waals surface area contributed by atoms with E-state index in [4.69, 9.17) is 0 Å². The van der Waals surface area contributed by atoms with Crippen LogP contribution in [-0.4, -0.2) is 30.3 Å². The molecule has 1 heterocycles. The van der Waals surface area contributed by atoms with Crippen molar-refractivity contribution in [2.45, 2.75) is 26.2 Å². The minimum absolute atomic E-state index is 0. The van der Waals surface area contributed by atoms with Gasteiger partial charge in [0.15, 0.2) is 0 Å². The molecular weight excluding hydrogens is 162 g/mol. The highest BCUT2D eigenvalue weighted by Gasteiger charge is 2.14. The van der Waals surface area contributed by atoms with Crippen LogP contribution in [0.1, 0.15) is 26.2 Å². The van der Waals surface area contributed by atoms with Crippen LogP contribution in [0.4, 0.5) is 0 Å². The van der Waals surface area contributed by atoms with Gasteiger partial charge in [0.05, 0.1) is 0 Å². The molecule has 1 rings (SSSR count). The summed E-state index contributed by atoms with van der Waals surface area (Å²) in [6.45, 7) is 5.32. The molecule has 1 aliphatic heterocycles. The first-order valence-corrected chi connectivity index (χ1v) is 4.07. The zero-order valence-electron chi connectivity index (χ0n) is 7.01. The SMILES string of the molecule is CCCN1CCC(=O)CC1.Cl. The minimum Gasteiger partial charge on any atom is -0.302 e. The Balaban J connectivity index is 0.000001000. The van der Waals surface area contributed by atoms with Gasteiger partial charge in [-0.25, -0.2) is 0 Å². The first-order valence-electron chi connectivity index (χ1n) is 4.07. The van der Waals surface area contributed by atoms with Crippen LogP contribution >= 0.6 is 12.4 Å². The molecule has 0 bridgehead atoms. The van der Waals surface area contributed by atoms with Gasteiger partial charge in [-0.3, -0.25) is 4.79 Å². The first-order chi connectivity index (χ1) is 4.83. The van der Waals surface area contributed by atoms with Gasteiger partial charge in [0.25, 0.3) is 0 Å². The van der Waals surface area contributed by atoms with E-state index in [1.54, 1.807) is 0 Å². The third-order valence-corrected chi connectivity index (χ3v) is 1.95. The maximum Gasteiger partial charge on any atom is 0.135 e. The summed E-state index contributed by atoms with van der Waals surface area (Å²) in [7, 11) is 0. The Kier molecular flexibility index (Phi) is 5.51. The molecule has 0 amide bonds. The average molecular weight is 178 g/mol. The lowest BCUT2D eigenvalue weighted by molar-refractivity contribution is -0.121. The van der Waals surface area contributed by atoms with Crippen molar-refractivity contribution in [3.63, 3.8) is 0 Å². The van der Waals surface area contributed by atoms with Gasteiger partial charge in [0.1, 0.15) is 5.78 Å². The molecule has 66 valence electrons. The van der Waals surface area contributed by atoms with E-state index >= 15 is 0 Å². The van der Waals surface area contributed by atoms with Crippen LogP contribution in [0.25, 0.3) is 0 Å². The number of Topliss-reactive ketones (excluding diaryl/α,β-unsaturated/α-hetero) is 1. The van der Waals surface area contributed by atoms with E-state index in [0.717, 1.165) is 32.5 Å². The number of carbonyl (C=O) groups excluding carboxylic acids is 1. The number of ketones is 1. The highest BCUT2D eigenvalue weighted by atomic mass is 35.5. The van der Waals surface area contributed by atoms with Crippen LogP contribution in [0.15, 0.2) is 0 Å². The predicted octanol–water partition coefficient (Wildman–Crippen LogP) is 1.48. The molecule has 0 aliphatic carbocycles. The number of carbonyl (C=O) groups is 1. The molecule has 0 radical (unpaired) electrons. The quantitative estimate of drug-likeness (QED) is 0.637. The highest BCUT2D eigenvalue weighted by Crippen LogP contribution is 2.05. The molecule has 1 aliphatic rings. The smallest absolute Gasteiger partial charge is 0.135 e. The molecule has 0 aromatic rings. The zero-order valence-corrected chi connectivity index (χ0v) is 7.82. The Morgan fingerprint density at radius 1 is 1.36 bits per heavy atom. The summed E-state index contributed by atoms with van der Waals surface area (Å²) in [6.07, 6.45) is 2.76. The van der Waals surface area contributed by atoms with E-state index in [-0.39, 0.29) is 12.4 Å². The fraction of sp³-hybridized carbons (Fsp3) is 0.875. The van der Waals surface area contributed by atoms with Gasteiger partial charge in [0.2, 0.25) is 0 Å². The lowest BCUT2D eigenvalue weighted by atomic mass is 10.1. The molecule has 0 aromatic heterocycles. The minimum atomic E-state index is 0. The Bertz CT molecular complexity index is 117. The average Bonchev–Trinajstić information content (AvgIpc) is 1.95. The second-order valence-electron chi connectivity index (χ2n) is 2.88. The summed E-state index contributed by atoms with van der Waals surface area (Å²) in [5.41, 5.74) is 0. The van der Waals surface area contributed by atoms with Gasteiger partial charge >= 0.3 is 0 Å². The van der Waals surface area contributed by atoms with Gasteiger partial charge in [-0.2, -0.15) is 0 Å². The van der Waals surface area contributed by atoms with E-state index in [2.05, 4.69) is 11.8 Å². The first kappa shape index (κ1) is 10.9. The Hall–Kier alpha value is -0.0800. The van der Waals surface area contributed by atoms with Crippen molar-refractivity contribution in [2.24, 2.45) is 0 Å². The van der Waals surface area contributed by atoms with Crippen molar-refractivity contribution in [1.82, 2.24) is 4.90 Å². The molecule has 0 atom stereocenters. The number of hydrogen-bond acceptors (Lipinski definition) is 2. The second kappa shape index (κ2) is 5.56. The second-order valence-corrected chi connectivity index (χ2v) is 2.88. The fourth-order valence-corrected chi connectivity index (χ4v) is 1.34. The molecule has 0 N–H and O–H groups in total. The van der Waals surface area contributed by atoms with Gasteiger partial charge < -0.3 is 4.90 Å². The summed E-state index contributed by atoms with van der Waals surface area (Å²) >= 11 is 0. The number of piperidine rings is 1. The van der Waals surface area contributed by atoms with Crippen molar-refractivity contribution < 1.29 is 4.79 Å². The van der Waals surface area contributed by atoms with Crippen LogP contribution in [0.3, 0.4) is 0 Å². The molecule has 0 unspecified atom stereocenters. The van der Waals surface area contributed by atoms with Crippen molar-refractivity contribution >= 4 is 18.2 Å². The van der Waals surface area contributed by atoms with Crippen LogP contribution in [0.2, 0.25) is 0 Å². The maximum absolute atomic E-state index is 10.8. The summed E-state index contributed by atoms with van der Waals surface area (Å²) in [5, 5.41) is 0. The largest absolute Gasteiger partial charge is 0.302 e. The molecule has 11 heavy (non-hydrogen) atoms. The van der Waals surface area contributed by atoms with E-state index < -0.39 is 0 Å². The normalized spacial score (nSPS) is 19.5. The van der Waals surface area contributed by atoms with E-state index in [1.165, 1.54) is 6.42 Å². The monoisotopic (exact) mass is 177 g/mol. The van der Waals surface area contributed by atoms with Crippen molar-refractivity contribution in [3.05, 3.63) is 0 Å². The third-order valence-electron chi connectivity index (χ3n) is 1.95. The number of likely N-dealkylation sites (tertiary alicyclic amines) is 1. The summed E-state index contributed by atoms with van der Waals surface area (Å²) in [6, 6.07) is 0. The maximum atomic E-state index is 10.8. The lowest BCUT2D eigenvalue weighted by Crippen LogP contribution is -2.34. The lowest BCUT2D eigenvalue weighted by Gasteiger charge is -2.24. The number of halogens is 1. The number of hydrogen-bond donors (Lipinski definition) is 0. The molecule has 0 saturated carbocycles. The van der Waals surface area contributed by atoms with Crippen LogP contribution in [0, 0.1) is 0 Å². The molecule has 1 saturated heterocycles. The predicted molar refractivity (Wildman–Crippen MR) is 48.2 cm³/mol. The molecular formula is C8H16ClNO. The Labute approximate surface area is 74.4 Å². The van der Waals surface area contributed by atoms with Crippen molar-refractivity contribution in [1.29, 1.82) is 0 Å². The Morgan fingerprint density at radius 2 is 1.91 bits per heavy atom. The molecule has 0 spiro atoms. The summed E-state index contributed by atoms with van der Waals surface area (Å²) in [5.74, 6) is 0.437. The van der Waals surface area contributed by atoms with Gasteiger partial charge in [-0.15, -0.1) is 12.4 Å². The standard InChI is InChI=1S/C8H15NO.ClH/c1-2-5-9-6-3-8(10)4-7-9;/h2-7H2,1H3;1H. The van der Waals surface area contributed by atoms with Gasteiger partial charge in [-0.05, 0) is 13.0 Å². The van der Waals surface area contributed by atoms with E-state index in [1.807, 2.05) is 0 Å². The van der Waals surface area contributed by atoms with E-state index in [0.29, 0.717) is 5.78 Å². The molecule has 3 heteroatoms. The van der Waals surface area contributed by atoms with Crippen molar-refractivity contribution in [2.75, 3.05) is 19.6 Å². The molecule has 1 fully saturated rings. The topological polar surface area (TPSA) is 20.3 Å². The number of rotatable bonds is 2. The van der Waals surface area contributed by atoms with Crippen LogP contribution in [0.5, 0.6) is 0 Å². The third kappa shape index (κ3) is 3.73. The Morgan fingerprint density at radius 3 is 2.36 bits per heavy atom. The molecule has 2 nitrogen and oxygen atoms in total. The fourth-order valence-electron chi connectivity index (χ4n) is 1.34. The van der Waals surface area contributed by atoms with Crippen LogP contribution < -0.4 is 0 Å². The zero-order chi connectivity index (χ0) is 7.40. The van der Waals surface area contributed by atoms with Crippen molar-refractivity contribution in [3.8, 4) is 0 Å². The summed E-state index contributed by atoms with van der Waals surface area (Å²) < 4.78 is 0. The van der Waals surface area contributed by atoms with E-state index in [9.17, 15) is 4.79 Å². The van der Waals surface area contributed by atoms with Gasteiger partial charge in [0, 0.05) is 25.9 Å². The number of nitrogens with zero attached hydrogens (tertiary/aromatic N) is 1. The van der Waals surface area contributed by atoms with Gasteiger partial charge in [-0.1, -0.05) is 6.92 Å².